The number of para-hydroxylation sites is 1. The Balaban J connectivity index is 1.64. The summed E-state index contributed by atoms with van der Waals surface area (Å²) >= 11 is 0. The van der Waals surface area contributed by atoms with Crippen LogP contribution < -0.4 is 10.2 Å². The Labute approximate surface area is 180 Å². The van der Waals surface area contributed by atoms with Crippen LogP contribution in [0.5, 0.6) is 0 Å². The summed E-state index contributed by atoms with van der Waals surface area (Å²) in [6, 6.07) is 17.4. The lowest BCUT2D eigenvalue weighted by molar-refractivity contribution is 0.372. The van der Waals surface area contributed by atoms with Crippen molar-refractivity contribution >= 4 is 21.7 Å². The van der Waals surface area contributed by atoms with Crippen LogP contribution in [0.3, 0.4) is 0 Å². The molecule has 7 nitrogen and oxygen atoms in total. The molecule has 0 saturated carbocycles. The van der Waals surface area contributed by atoms with E-state index in [0.717, 1.165) is 44.2 Å². The van der Waals surface area contributed by atoms with Crippen LogP contribution in [-0.2, 0) is 16.6 Å². The highest BCUT2D eigenvalue weighted by Crippen LogP contribution is 2.17. The van der Waals surface area contributed by atoms with Crippen LogP contribution in [0.25, 0.3) is 0 Å². The number of nitrogens with zero attached hydrogens (tertiary/aromatic N) is 4. The fourth-order valence-corrected chi connectivity index (χ4v) is 4.29. The van der Waals surface area contributed by atoms with E-state index in [1.165, 1.54) is 24.1 Å². The standard InChI is InChI=1S/C22H31N5O2S/c1-4-23-22(27-16-14-26(15-17-27)20-8-6-5-7-9-20)24-18-19-10-12-21(13-11-19)30(28,29)25(2)3/h5-13H,4,14-18H2,1-3H3,(H,23,24). The molecule has 2 aromatic carbocycles. The van der Waals surface area contributed by atoms with Gasteiger partial charge in [-0.1, -0.05) is 30.3 Å². The minimum Gasteiger partial charge on any atom is -0.368 e. The fourth-order valence-electron chi connectivity index (χ4n) is 3.38. The molecule has 1 heterocycles. The number of hydrogen-bond acceptors (Lipinski definition) is 4. The quantitative estimate of drug-likeness (QED) is 0.563. The van der Waals surface area contributed by atoms with Gasteiger partial charge in [-0.25, -0.2) is 17.7 Å². The summed E-state index contributed by atoms with van der Waals surface area (Å²) in [5.74, 6) is 0.898. The molecular weight excluding hydrogens is 398 g/mol. The van der Waals surface area contributed by atoms with E-state index in [0.29, 0.717) is 11.4 Å². The second kappa shape index (κ2) is 9.95. The zero-order chi connectivity index (χ0) is 21.6. The molecule has 1 N–H and O–H groups in total. The lowest BCUT2D eigenvalue weighted by Gasteiger charge is -2.37. The molecule has 0 aromatic heterocycles. The topological polar surface area (TPSA) is 68.2 Å². The summed E-state index contributed by atoms with van der Waals surface area (Å²) in [7, 11) is -0.336. The maximum absolute atomic E-state index is 12.2. The van der Waals surface area contributed by atoms with Crippen LogP contribution in [0.1, 0.15) is 12.5 Å². The molecule has 0 bridgehead atoms. The molecule has 3 rings (SSSR count). The third-order valence-electron chi connectivity index (χ3n) is 5.15. The minimum atomic E-state index is -3.41. The molecule has 0 radical (unpaired) electrons. The van der Waals surface area contributed by atoms with Crippen molar-refractivity contribution in [2.75, 3.05) is 51.7 Å². The SMILES string of the molecule is CCNC(=NCc1ccc(S(=O)(=O)N(C)C)cc1)N1CCN(c2ccccc2)CC1. The number of rotatable bonds is 6. The molecule has 30 heavy (non-hydrogen) atoms. The van der Waals surface area contributed by atoms with Crippen LogP contribution in [0.2, 0.25) is 0 Å². The molecular formula is C22H31N5O2S. The van der Waals surface area contributed by atoms with E-state index in [1.54, 1.807) is 12.1 Å². The van der Waals surface area contributed by atoms with Gasteiger partial charge in [-0.3, -0.25) is 0 Å². The average Bonchev–Trinajstić information content (AvgIpc) is 2.77. The lowest BCUT2D eigenvalue weighted by atomic mass is 10.2. The van der Waals surface area contributed by atoms with Crippen LogP contribution in [0, 0.1) is 0 Å². The summed E-state index contributed by atoms with van der Waals surface area (Å²) in [4.78, 5) is 9.76. The predicted octanol–water partition coefficient (Wildman–Crippen LogP) is 2.22. The summed E-state index contributed by atoms with van der Waals surface area (Å²) in [6.07, 6.45) is 0. The van der Waals surface area contributed by atoms with Crippen LogP contribution in [0.4, 0.5) is 5.69 Å². The largest absolute Gasteiger partial charge is 0.368 e. The van der Waals surface area contributed by atoms with Crippen molar-refractivity contribution < 1.29 is 8.42 Å². The van der Waals surface area contributed by atoms with Gasteiger partial charge in [0.2, 0.25) is 10.0 Å². The third kappa shape index (κ3) is 5.31. The normalized spacial score (nSPS) is 15.5. The number of benzene rings is 2. The maximum atomic E-state index is 12.2. The monoisotopic (exact) mass is 429 g/mol. The fraction of sp³-hybridized carbons (Fsp3) is 0.409. The smallest absolute Gasteiger partial charge is 0.242 e. The van der Waals surface area contributed by atoms with E-state index < -0.39 is 10.0 Å². The highest BCUT2D eigenvalue weighted by molar-refractivity contribution is 7.89. The van der Waals surface area contributed by atoms with Crippen molar-refractivity contribution in [1.29, 1.82) is 0 Å². The van der Waals surface area contributed by atoms with Gasteiger partial charge in [0.1, 0.15) is 0 Å². The van der Waals surface area contributed by atoms with Gasteiger partial charge in [0.15, 0.2) is 5.96 Å². The molecule has 1 saturated heterocycles. The van der Waals surface area contributed by atoms with Crippen LogP contribution >= 0.6 is 0 Å². The summed E-state index contributed by atoms with van der Waals surface area (Å²) < 4.78 is 25.6. The molecule has 2 aromatic rings. The first kappa shape index (κ1) is 22.1. The number of nitrogens with one attached hydrogen (secondary N) is 1. The zero-order valence-corrected chi connectivity index (χ0v) is 18.8. The average molecular weight is 430 g/mol. The van der Waals surface area contributed by atoms with Crippen molar-refractivity contribution in [3.05, 3.63) is 60.2 Å². The van der Waals surface area contributed by atoms with E-state index in [-0.39, 0.29) is 0 Å². The Bertz CT molecular complexity index is 935. The highest BCUT2D eigenvalue weighted by atomic mass is 32.2. The predicted molar refractivity (Wildman–Crippen MR) is 122 cm³/mol. The first-order valence-electron chi connectivity index (χ1n) is 10.3. The van der Waals surface area contributed by atoms with Gasteiger partial charge >= 0.3 is 0 Å². The van der Waals surface area contributed by atoms with Crippen LogP contribution in [0.15, 0.2) is 64.5 Å². The Hall–Kier alpha value is -2.58. The summed E-state index contributed by atoms with van der Waals surface area (Å²) in [5.41, 5.74) is 2.23. The zero-order valence-electron chi connectivity index (χ0n) is 18.0. The third-order valence-corrected chi connectivity index (χ3v) is 6.98. The van der Waals surface area contributed by atoms with Crippen molar-refractivity contribution in [2.45, 2.75) is 18.4 Å². The van der Waals surface area contributed by atoms with Gasteiger partial charge in [-0.15, -0.1) is 0 Å². The van der Waals surface area contributed by atoms with Gasteiger partial charge in [0.25, 0.3) is 0 Å². The van der Waals surface area contributed by atoms with E-state index in [2.05, 4.69) is 46.3 Å². The molecule has 0 spiro atoms. The molecule has 0 atom stereocenters. The number of anilines is 1. The molecule has 162 valence electrons. The van der Waals surface area contributed by atoms with Gasteiger partial charge in [-0.2, -0.15) is 0 Å². The highest BCUT2D eigenvalue weighted by Gasteiger charge is 2.20. The number of sulfonamides is 1. The molecule has 1 fully saturated rings. The molecule has 0 unspecified atom stereocenters. The number of guanidine groups is 1. The second-order valence-corrected chi connectivity index (χ2v) is 9.56. The lowest BCUT2D eigenvalue weighted by Crippen LogP contribution is -2.52. The van der Waals surface area contributed by atoms with Gasteiger partial charge in [0, 0.05) is 52.5 Å². The second-order valence-electron chi connectivity index (χ2n) is 7.41. The van der Waals surface area contributed by atoms with Crippen molar-refractivity contribution in [3.8, 4) is 0 Å². The van der Waals surface area contributed by atoms with Crippen molar-refractivity contribution in [3.63, 3.8) is 0 Å². The first-order chi connectivity index (χ1) is 14.4. The number of hydrogen-bond donors (Lipinski definition) is 1. The maximum Gasteiger partial charge on any atom is 0.242 e. The van der Waals surface area contributed by atoms with Crippen molar-refractivity contribution in [2.24, 2.45) is 4.99 Å². The first-order valence-corrected chi connectivity index (χ1v) is 11.7. The molecule has 0 amide bonds. The Morgan fingerprint density at radius 3 is 2.20 bits per heavy atom. The molecule has 8 heteroatoms. The minimum absolute atomic E-state index is 0.296. The van der Waals surface area contributed by atoms with E-state index in [1.807, 2.05) is 18.2 Å². The summed E-state index contributed by atoms with van der Waals surface area (Å²) in [5, 5.41) is 3.38. The van der Waals surface area contributed by atoms with Gasteiger partial charge in [-0.05, 0) is 36.8 Å². The number of piperazine rings is 1. The van der Waals surface area contributed by atoms with Gasteiger partial charge in [0.05, 0.1) is 11.4 Å². The number of aliphatic imine (C=N–C) groups is 1. The molecule has 0 aliphatic carbocycles. The van der Waals surface area contributed by atoms with Crippen molar-refractivity contribution in [1.82, 2.24) is 14.5 Å². The van der Waals surface area contributed by atoms with E-state index in [9.17, 15) is 8.42 Å². The summed E-state index contributed by atoms with van der Waals surface area (Å²) in [6.45, 7) is 7.08. The Morgan fingerprint density at radius 2 is 1.63 bits per heavy atom. The van der Waals surface area contributed by atoms with E-state index in [4.69, 9.17) is 4.99 Å². The van der Waals surface area contributed by atoms with Gasteiger partial charge < -0.3 is 15.1 Å². The Morgan fingerprint density at radius 1 is 1.00 bits per heavy atom. The Kier molecular flexibility index (Phi) is 7.33. The molecule has 1 aliphatic rings. The van der Waals surface area contributed by atoms with Crippen LogP contribution in [-0.4, -0.2) is 70.4 Å². The van der Waals surface area contributed by atoms with E-state index >= 15 is 0 Å². The molecule has 1 aliphatic heterocycles.